The SMILES string of the molecule is Cc1ccc(OCCn2c(C(C)Oc3ccc(Cl)c(C)c3)nc3ccccc32)c(C)c1. The first-order valence-electron chi connectivity index (χ1n) is 10.5. The van der Waals surface area contributed by atoms with Crippen LogP contribution in [0, 0.1) is 20.8 Å². The van der Waals surface area contributed by atoms with E-state index in [1.807, 2.05) is 56.3 Å². The topological polar surface area (TPSA) is 36.3 Å². The first-order valence-corrected chi connectivity index (χ1v) is 10.9. The van der Waals surface area contributed by atoms with Crippen molar-refractivity contribution in [3.8, 4) is 11.5 Å². The molecule has 4 nitrogen and oxygen atoms in total. The molecule has 3 aromatic carbocycles. The number of hydrogen-bond donors (Lipinski definition) is 0. The molecule has 0 aliphatic heterocycles. The molecule has 0 amide bonds. The van der Waals surface area contributed by atoms with Crippen LogP contribution in [-0.4, -0.2) is 16.2 Å². The number of imidazole rings is 1. The van der Waals surface area contributed by atoms with Gasteiger partial charge in [-0.25, -0.2) is 4.98 Å². The molecule has 0 aliphatic rings. The molecule has 4 aromatic rings. The third-order valence-electron chi connectivity index (χ3n) is 5.39. The lowest BCUT2D eigenvalue weighted by Crippen LogP contribution is -2.16. The lowest BCUT2D eigenvalue weighted by Gasteiger charge is -2.18. The van der Waals surface area contributed by atoms with Crippen molar-refractivity contribution >= 4 is 22.6 Å². The van der Waals surface area contributed by atoms with E-state index in [1.54, 1.807) is 0 Å². The third-order valence-corrected chi connectivity index (χ3v) is 5.82. The quantitative estimate of drug-likeness (QED) is 0.319. The van der Waals surface area contributed by atoms with Crippen LogP contribution in [0.1, 0.15) is 35.5 Å². The van der Waals surface area contributed by atoms with Crippen LogP contribution >= 0.6 is 11.6 Å². The summed E-state index contributed by atoms with van der Waals surface area (Å²) in [5.41, 5.74) is 5.39. The van der Waals surface area contributed by atoms with E-state index in [2.05, 4.69) is 36.6 Å². The highest BCUT2D eigenvalue weighted by Crippen LogP contribution is 2.28. The molecule has 0 radical (unpaired) electrons. The van der Waals surface area contributed by atoms with Gasteiger partial charge in [-0.2, -0.15) is 0 Å². The van der Waals surface area contributed by atoms with Crippen LogP contribution in [0.25, 0.3) is 11.0 Å². The van der Waals surface area contributed by atoms with E-state index in [4.69, 9.17) is 26.1 Å². The highest BCUT2D eigenvalue weighted by atomic mass is 35.5. The van der Waals surface area contributed by atoms with Crippen LogP contribution < -0.4 is 9.47 Å². The smallest absolute Gasteiger partial charge is 0.153 e. The minimum Gasteiger partial charge on any atom is -0.491 e. The number of nitrogens with zero attached hydrogens (tertiary/aromatic N) is 2. The summed E-state index contributed by atoms with van der Waals surface area (Å²) in [6.07, 6.45) is -0.228. The molecule has 1 unspecified atom stereocenters. The molecule has 0 saturated carbocycles. The van der Waals surface area contributed by atoms with Gasteiger partial charge in [0.25, 0.3) is 0 Å². The maximum atomic E-state index is 6.22. The van der Waals surface area contributed by atoms with Crippen LogP contribution in [0.2, 0.25) is 5.02 Å². The molecule has 4 rings (SSSR count). The Balaban J connectivity index is 1.57. The largest absolute Gasteiger partial charge is 0.491 e. The number of halogens is 1. The van der Waals surface area contributed by atoms with Gasteiger partial charge in [0.15, 0.2) is 11.9 Å². The summed E-state index contributed by atoms with van der Waals surface area (Å²) in [6, 6.07) is 20.1. The molecule has 160 valence electrons. The van der Waals surface area contributed by atoms with E-state index in [-0.39, 0.29) is 6.10 Å². The Labute approximate surface area is 188 Å². The summed E-state index contributed by atoms with van der Waals surface area (Å²) >= 11 is 6.15. The summed E-state index contributed by atoms with van der Waals surface area (Å²) in [4.78, 5) is 4.86. The minimum atomic E-state index is -0.228. The minimum absolute atomic E-state index is 0.228. The fourth-order valence-corrected chi connectivity index (χ4v) is 3.91. The predicted octanol–water partition coefficient (Wildman–Crippen LogP) is 6.83. The average Bonchev–Trinajstić information content (AvgIpc) is 3.11. The number of para-hydroxylation sites is 2. The van der Waals surface area contributed by atoms with Gasteiger partial charge in [0.2, 0.25) is 0 Å². The number of rotatable bonds is 7. The van der Waals surface area contributed by atoms with Gasteiger partial charge in [0.05, 0.1) is 17.6 Å². The second-order valence-corrected chi connectivity index (χ2v) is 8.31. The summed E-state index contributed by atoms with van der Waals surface area (Å²) in [5, 5.41) is 0.732. The first-order chi connectivity index (χ1) is 14.9. The highest BCUT2D eigenvalue weighted by molar-refractivity contribution is 6.31. The van der Waals surface area contributed by atoms with Crippen molar-refractivity contribution in [2.45, 2.75) is 40.3 Å². The Morgan fingerprint density at radius 1 is 0.968 bits per heavy atom. The van der Waals surface area contributed by atoms with Crippen molar-refractivity contribution in [2.24, 2.45) is 0 Å². The summed E-state index contributed by atoms with van der Waals surface area (Å²) in [5.74, 6) is 2.56. The molecule has 0 N–H and O–H groups in total. The number of fused-ring (bicyclic) bond motifs is 1. The van der Waals surface area contributed by atoms with E-state index < -0.39 is 0 Å². The maximum absolute atomic E-state index is 6.22. The Bertz CT molecular complexity index is 1220. The highest BCUT2D eigenvalue weighted by Gasteiger charge is 2.18. The Morgan fingerprint density at radius 3 is 2.55 bits per heavy atom. The monoisotopic (exact) mass is 434 g/mol. The Morgan fingerprint density at radius 2 is 1.77 bits per heavy atom. The second kappa shape index (κ2) is 9.03. The van der Waals surface area contributed by atoms with Crippen molar-refractivity contribution in [3.63, 3.8) is 0 Å². The fourth-order valence-electron chi connectivity index (χ4n) is 3.79. The van der Waals surface area contributed by atoms with Gasteiger partial charge in [-0.1, -0.05) is 41.4 Å². The zero-order valence-corrected chi connectivity index (χ0v) is 19.1. The molecule has 1 aromatic heterocycles. The van der Waals surface area contributed by atoms with E-state index in [0.717, 1.165) is 44.5 Å². The van der Waals surface area contributed by atoms with Crippen molar-refractivity contribution in [1.29, 1.82) is 0 Å². The summed E-state index contributed by atoms with van der Waals surface area (Å²) < 4.78 is 14.5. The van der Waals surface area contributed by atoms with Crippen LogP contribution in [0.5, 0.6) is 11.5 Å². The molecular weight excluding hydrogens is 408 g/mol. The number of aromatic nitrogens is 2. The molecule has 0 spiro atoms. The van der Waals surface area contributed by atoms with Gasteiger partial charge in [-0.05, 0) is 75.2 Å². The zero-order valence-electron chi connectivity index (χ0n) is 18.4. The molecule has 0 saturated heterocycles. The van der Waals surface area contributed by atoms with Gasteiger partial charge in [-0.15, -0.1) is 0 Å². The lowest BCUT2D eigenvalue weighted by atomic mass is 10.1. The molecule has 0 aliphatic carbocycles. The molecular formula is C26H27ClN2O2. The van der Waals surface area contributed by atoms with Crippen molar-refractivity contribution in [1.82, 2.24) is 9.55 Å². The van der Waals surface area contributed by atoms with Gasteiger partial charge in [-0.3, -0.25) is 0 Å². The standard InChI is InChI=1S/C26H27ClN2O2/c1-17-9-12-25(19(3)15-17)30-14-13-29-24-8-6-5-7-23(24)28-26(29)20(4)31-21-10-11-22(27)18(2)16-21/h5-12,15-16,20H,13-14H2,1-4H3. The lowest BCUT2D eigenvalue weighted by molar-refractivity contribution is 0.207. The Kier molecular flexibility index (Phi) is 6.19. The summed E-state index contributed by atoms with van der Waals surface area (Å²) in [6.45, 7) is 9.38. The van der Waals surface area contributed by atoms with Crippen LogP contribution in [0.4, 0.5) is 0 Å². The second-order valence-electron chi connectivity index (χ2n) is 7.90. The van der Waals surface area contributed by atoms with Crippen molar-refractivity contribution in [2.75, 3.05) is 6.61 Å². The fraction of sp³-hybridized carbons (Fsp3) is 0.269. The normalized spacial score (nSPS) is 12.2. The van der Waals surface area contributed by atoms with Crippen LogP contribution in [-0.2, 0) is 6.54 Å². The predicted molar refractivity (Wildman–Crippen MR) is 126 cm³/mol. The van der Waals surface area contributed by atoms with E-state index in [1.165, 1.54) is 5.56 Å². The molecule has 1 atom stereocenters. The number of hydrogen-bond acceptors (Lipinski definition) is 3. The van der Waals surface area contributed by atoms with Crippen molar-refractivity contribution < 1.29 is 9.47 Å². The van der Waals surface area contributed by atoms with Gasteiger partial charge >= 0.3 is 0 Å². The van der Waals surface area contributed by atoms with Crippen LogP contribution in [0.15, 0.2) is 60.7 Å². The van der Waals surface area contributed by atoms with E-state index in [0.29, 0.717) is 13.2 Å². The molecule has 1 heterocycles. The molecule has 0 fully saturated rings. The molecule has 0 bridgehead atoms. The number of ether oxygens (including phenoxy) is 2. The maximum Gasteiger partial charge on any atom is 0.153 e. The number of aryl methyl sites for hydroxylation is 3. The average molecular weight is 435 g/mol. The Hall–Kier alpha value is -2.98. The molecule has 31 heavy (non-hydrogen) atoms. The number of benzene rings is 3. The van der Waals surface area contributed by atoms with Crippen LogP contribution in [0.3, 0.4) is 0 Å². The van der Waals surface area contributed by atoms with Gasteiger partial charge in [0.1, 0.15) is 18.1 Å². The third kappa shape index (κ3) is 4.70. The summed E-state index contributed by atoms with van der Waals surface area (Å²) in [7, 11) is 0. The van der Waals surface area contributed by atoms with E-state index in [9.17, 15) is 0 Å². The van der Waals surface area contributed by atoms with Crippen molar-refractivity contribution in [3.05, 3.63) is 88.2 Å². The van der Waals surface area contributed by atoms with Gasteiger partial charge in [0, 0.05) is 5.02 Å². The van der Waals surface area contributed by atoms with Gasteiger partial charge < -0.3 is 14.0 Å². The first kappa shape index (κ1) is 21.3. The molecule has 5 heteroatoms. The zero-order chi connectivity index (χ0) is 22.0. The van der Waals surface area contributed by atoms with E-state index >= 15 is 0 Å².